The van der Waals surface area contributed by atoms with Gasteiger partial charge >= 0.3 is 5.97 Å². The number of rotatable bonds is 3. The smallest absolute Gasteiger partial charge is 0.328 e. The van der Waals surface area contributed by atoms with Crippen molar-refractivity contribution in [2.24, 2.45) is 11.8 Å². The van der Waals surface area contributed by atoms with E-state index >= 15 is 0 Å². The van der Waals surface area contributed by atoms with E-state index in [4.69, 9.17) is 5.11 Å². The van der Waals surface area contributed by atoms with Crippen LogP contribution in [0.1, 0.15) is 37.7 Å². The number of carbonyl (C=O) groups is 1. The van der Waals surface area contributed by atoms with Crippen LogP contribution in [0.2, 0.25) is 0 Å². The van der Waals surface area contributed by atoms with Crippen molar-refractivity contribution in [2.45, 2.75) is 32.1 Å². The molecule has 112 valence electrons. The number of carboxylic acids is 1. The number of hydrogen-bond donors (Lipinski definition) is 1. The van der Waals surface area contributed by atoms with Crippen LogP contribution in [0.15, 0.2) is 18.5 Å². The van der Waals surface area contributed by atoms with Gasteiger partial charge in [-0.2, -0.15) is 0 Å². The summed E-state index contributed by atoms with van der Waals surface area (Å²) < 4.78 is 0. The molecule has 1 aromatic rings. The molecule has 0 amide bonds. The predicted octanol–water partition coefficient (Wildman–Crippen LogP) is 2.59. The summed E-state index contributed by atoms with van der Waals surface area (Å²) in [6.07, 6.45) is 12.7. The van der Waals surface area contributed by atoms with Crippen LogP contribution in [0.3, 0.4) is 0 Å². The molecule has 1 saturated carbocycles. The maximum Gasteiger partial charge on any atom is 0.328 e. The second-order valence-electron chi connectivity index (χ2n) is 6.03. The molecule has 1 N–H and O–H groups in total. The zero-order valence-electron chi connectivity index (χ0n) is 12.1. The zero-order valence-corrected chi connectivity index (χ0v) is 12.1. The first-order valence-electron chi connectivity index (χ1n) is 7.70. The lowest BCUT2D eigenvalue weighted by Crippen LogP contribution is -2.42. The molecule has 21 heavy (non-hydrogen) atoms. The van der Waals surface area contributed by atoms with Gasteiger partial charge in [-0.05, 0) is 30.8 Å². The highest BCUT2D eigenvalue weighted by molar-refractivity contribution is 5.85. The maximum absolute atomic E-state index is 10.5. The quantitative estimate of drug-likeness (QED) is 0.866. The van der Waals surface area contributed by atoms with Crippen LogP contribution in [0.5, 0.6) is 0 Å². The van der Waals surface area contributed by atoms with Crippen molar-refractivity contribution in [1.82, 2.24) is 9.97 Å². The molecule has 1 aromatic heterocycles. The fourth-order valence-corrected chi connectivity index (χ4v) is 3.53. The van der Waals surface area contributed by atoms with E-state index in [-0.39, 0.29) is 0 Å². The van der Waals surface area contributed by atoms with Crippen molar-refractivity contribution in [3.05, 3.63) is 24.0 Å². The summed E-state index contributed by atoms with van der Waals surface area (Å²) in [5.41, 5.74) is 0.716. The average Bonchev–Trinajstić information content (AvgIpc) is 2.53. The molecule has 5 heteroatoms. The Labute approximate surface area is 124 Å². The van der Waals surface area contributed by atoms with Gasteiger partial charge in [0.2, 0.25) is 5.95 Å². The Morgan fingerprint density at radius 2 is 1.90 bits per heavy atom. The third-order valence-corrected chi connectivity index (χ3v) is 4.65. The largest absolute Gasteiger partial charge is 0.478 e. The van der Waals surface area contributed by atoms with E-state index in [1.54, 1.807) is 12.4 Å². The summed E-state index contributed by atoms with van der Waals surface area (Å²) >= 11 is 0. The summed E-state index contributed by atoms with van der Waals surface area (Å²) in [7, 11) is 0. The molecule has 2 fully saturated rings. The summed E-state index contributed by atoms with van der Waals surface area (Å²) in [5, 5.41) is 8.61. The summed E-state index contributed by atoms with van der Waals surface area (Å²) in [6.45, 7) is 2.10. The van der Waals surface area contributed by atoms with E-state index in [0.29, 0.717) is 5.56 Å². The minimum absolute atomic E-state index is 0.716. The summed E-state index contributed by atoms with van der Waals surface area (Å²) in [6, 6.07) is 0. The number of piperidine rings is 1. The van der Waals surface area contributed by atoms with Crippen molar-refractivity contribution in [3.8, 4) is 0 Å². The van der Waals surface area contributed by atoms with Gasteiger partial charge in [0.05, 0.1) is 0 Å². The molecule has 1 aliphatic carbocycles. The summed E-state index contributed by atoms with van der Waals surface area (Å²) in [4.78, 5) is 21.5. The van der Waals surface area contributed by atoms with Crippen LogP contribution in [0.25, 0.3) is 6.08 Å². The van der Waals surface area contributed by atoms with Crippen LogP contribution in [0.4, 0.5) is 5.95 Å². The van der Waals surface area contributed by atoms with Crippen molar-refractivity contribution >= 4 is 18.0 Å². The van der Waals surface area contributed by atoms with Crippen LogP contribution >= 0.6 is 0 Å². The van der Waals surface area contributed by atoms with Crippen LogP contribution in [-0.2, 0) is 4.79 Å². The standard InChI is InChI=1S/C16H21N3O2/c20-15(21)6-5-12-9-17-16(18-10-12)19-8-7-13-3-1-2-4-14(13)11-19/h5-6,9-10,13-14H,1-4,7-8,11H2,(H,20,21)/b6-5+. The van der Waals surface area contributed by atoms with Gasteiger partial charge in [0, 0.05) is 37.1 Å². The Balaban J connectivity index is 1.65. The highest BCUT2D eigenvalue weighted by atomic mass is 16.4. The van der Waals surface area contributed by atoms with E-state index in [0.717, 1.165) is 36.9 Å². The molecule has 1 saturated heterocycles. The first kappa shape index (κ1) is 14.0. The van der Waals surface area contributed by atoms with Crippen molar-refractivity contribution in [2.75, 3.05) is 18.0 Å². The topological polar surface area (TPSA) is 66.3 Å². The highest BCUT2D eigenvalue weighted by Gasteiger charge is 2.31. The summed E-state index contributed by atoms with van der Waals surface area (Å²) in [5.74, 6) is 1.50. The Kier molecular flexibility index (Phi) is 4.18. The highest BCUT2D eigenvalue weighted by Crippen LogP contribution is 2.36. The minimum atomic E-state index is -0.960. The molecular weight excluding hydrogens is 266 g/mol. The fraction of sp³-hybridized carbons (Fsp3) is 0.562. The number of fused-ring (bicyclic) bond motifs is 1. The number of aliphatic carboxylic acids is 1. The molecule has 0 radical (unpaired) electrons. The second-order valence-corrected chi connectivity index (χ2v) is 6.03. The van der Waals surface area contributed by atoms with E-state index in [2.05, 4.69) is 14.9 Å². The molecule has 2 aliphatic rings. The molecule has 0 aromatic carbocycles. The Morgan fingerprint density at radius 1 is 1.19 bits per heavy atom. The molecule has 5 nitrogen and oxygen atoms in total. The van der Waals surface area contributed by atoms with Crippen molar-refractivity contribution < 1.29 is 9.90 Å². The molecule has 2 unspecified atom stereocenters. The molecule has 1 aliphatic heterocycles. The van der Waals surface area contributed by atoms with Crippen molar-refractivity contribution in [1.29, 1.82) is 0 Å². The predicted molar refractivity (Wildman–Crippen MR) is 81.0 cm³/mol. The third-order valence-electron chi connectivity index (χ3n) is 4.65. The third kappa shape index (κ3) is 3.40. The maximum atomic E-state index is 10.5. The van der Waals surface area contributed by atoms with Gasteiger partial charge in [0.1, 0.15) is 0 Å². The monoisotopic (exact) mass is 287 g/mol. The number of hydrogen-bond acceptors (Lipinski definition) is 4. The van der Waals surface area contributed by atoms with E-state index in [9.17, 15) is 4.79 Å². The Morgan fingerprint density at radius 3 is 2.62 bits per heavy atom. The molecule has 2 atom stereocenters. The zero-order chi connectivity index (χ0) is 14.7. The van der Waals surface area contributed by atoms with E-state index < -0.39 is 5.97 Å². The lowest BCUT2D eigenvalue weighted by molar-refractivity contribution is -0.131. The SMILES string of the molecule is O=C(O)/C=C/c1cnc(N2CCC3CCCCC3C2)nc1. The van der Waals surface area contributed by atoms with Crippen LogP contribution < -0.4 is 4.90 Å². The number of aromatic nitrogens is 2. The Bertz CT molecular complexity index is 527. The molecular formula is C16H21N3O2. The number of carboxylic acid groups (broad SMARTS) is 1. The molecule has 0 spiro atoms. The lowest BCUT2D eigenvalue weighted by Gasteiger charge is -2.41. The van der Waals surface area contributed by atoms with Gasteiger partial charge in [-0.1, -0.05) is 19.3 Å². The molecule has 2 heterocycles. The second kappa shape index (κ2) is 6.24. The van der Waals surface area contributed by atoms with E-state index in [1.165, 1.54) is 38.2 Å². The van der Waals surface area contributed by atoms with Gasteiger partial charge in [-0.3, -0.25) is 0 Å². The van der Waals surface area contributed by atoms with Gasteiger partial charge in [-0.15, -0.1) is 0 Å². The minimum Gasteiger partial charge on any atom is -0.478 e. The van der Waals surface area contributed by atoms with Crippen molar-refractivity contribution in [3.63, 3.8) is 0 Å². The first-order valence-corrected chi connectivity index (χ1v) is 7.70. The van der Waals surface area contributed by atoms with Gasteiger partial charge in [0.25, 0.3) is 0 Å². The lowest BCUT2D eigenvalue weighted by atomic mass is 9.75. The van der Waals surface area contributed by atoms with Gasteiger partial charge in [-0.25, -0.2) is 14.8 Å². The van der Waals surface area contributed by atoms with E-state index in [1.807, 2.05) is 0 Å². The van der Waals surface area contributed by atoms with Crippen LogP contribution in [-0.4, -0.2) is 34.1 Å². The first-order chi connectivity index (χ1) is 10.2. The Hall–Kier alpha value is -1.91. The number of nitrogens with zero attached hydrogens (tertiary/aromatic N) is 3. The average molecular weight is 287 g/mol. The van der Waals surface area contributed by atoms with Gasteiger partial charge in [0.15, 0.2) is 0 Å². The fourth-order valence-electron chi connectivity index (χ4n) is 3.53. The van der Waals surface area contributed by atoms with Crippen LogP contribution in [0, 0.1) is 11.8 Å². The molecule has 3 rings (SSSR count). The normalized spacial score (nSPS) is 25.8. The molecule has 0 bridgehead atoms. The van der Waals surface area contributed by atoms with Gasteiger partial charge < -0.3 is 10.0 Å². The number of anilines is 1.